The first-order chi connectivity index (χ1) is 9.72. The first kappa shape index (κ1) is 13.1. The fourth-order valence-electron chi connectivity index (χ4n) is 2.87. The SMILES string of the molecule is COc1c(C)ccc2c(N(C)[C@@H]3CCNC3)ncnc12. The molecule has 20 heavy (non-hydrogen) atoms. The van der Waals surface area contributed by atoms with Gasteiger partial charge in [-0.25, -0.2) is 9.97 Å². The Morgan fingerprint density at radius 3 is 2.90 bits per heavy atom. The van der Waals surface area contributed by atoms with Crippen LogP contribution >= 0.6 is 0 Å². The van der Waals surface area contributed by atoms with Crippen LogP contribution in [0.1, 0.15) is 12.0 Å². The molecule has 5 heteroatoms. The van der Waals surface area contributed by atoms with Gasteiger partial charge in [-0.3, -0.25) is 0 Å². The number of fused-ring (bicyclic) bond motifs is 1. The second kappa shape index (κ2) is 5.25. The minimum Gasteiger partial charge on any atom is -0.494 e. The number of nitrogens with one attached hydrogen (secondary N) is 1. The Balaban J connectivity index is 2.11. The lowest BCUT2D eigenvalue weighted by atomic mass is 10.1. The number of aryl methyl sites for hydroxylation is 1. The van der Waals surface area contributed by atoms with Gasteiger partial charge in [0.15, 0.2) is 0 Å². The van der Waals surface area contributed by atoms with Gasteiger partial charge in [-0.05, 0) is 31.5 Å². The molecule has 0 radical (unpaired) electrons. The van der Waals surface area contributed by atoms with Gasteiger partial charge in [-0.2, -0.15) is 0 Å². The van der Waals surface area contributed by atoms with Crippen LogP contribution in [0.5, 0.6) is 5.75 Å². The number of likely N-dealkylation sites (N-methyl/N-ethyl adjacent to an activating group) is 1. The molecule has 1 fully saturated rings. The van der Waals surface area contributed by atoms with Crippen molar-refractivity contribution in [2.24, 2.45) is 0 Å². The van der Waals surface area contributed by atoms with E-state index in [-0.39, 0.29) is 0 Å². The Labute approximate surface area is 119 Å². The summed E-state index contributed by atoms with van der Waals surface area (Å²) in [6.07, 6.45) is 2.77. The van der Waals surface area contributed by atoms with Crippen molar-refractivity contribution in [3.8, 4) is 5.75 Å². The van der Waals surface area contributed by atoms with Crippen LogP contribution in [0.4, 0.5) is 5.82 Å². The van der Waals surface area contributed by atoms with E-state index < -0.39 is 0 Å². The summed E-state index contributed by atoms with van der Waals surface area (Å²) in [5.41, 5.74) is 1.98. The molecule has 1 aromatic heterocycles. The van der Waals surface area contributed by atoms with Crippen molar-refractivity contribution in [1.29, 1.82) is 0 Å². The van der Waals surface area contributed by atoms with Gasteiger partial charge in [0.1, 0.15) is 23.4 Å². The first-order valence-electron chi connectivity index (χ1n) is 6.94. The summed E-state index contributed by atoms with van der Waals surface area (Å²) in [6, 6.07) is 4.64. The van der Waals surface area contributed by atoms with Gasteiger partial charge in [-0.1, -0.05) is 6.07 Å². The quantitative estimate of drug-likeness (QED) is 0.922. The highest BCUT2D eigenvalue weighted by Gasteiger charge is 2.22. The molecule has 2 heterocycles. The van der Waals surface area contributed by atoms with Crippen LogP contribution in [0.2, 0.25) is 0 Å². The fraction of sp³-hybridized carbons (Fsp3) is 0.467. The van der Waals surface area contributed by atoms with Crippen LogP contribution < -0.4 is 15.0 Å². The maximum Gasteiger partial charge on any atom is 0.148 e. The van der Waals surface area contributed by atoms with Crippen molar-refractivity contribution in [2.75, 3.05) is 32.1 Å². The zero-order valence-electron chi connectivity index (χ0n) is 12.2. The molecule has 2 aromatic rings. The van der Waals surface area contributed by atoms with Gasteiger partial charge < -0.3 is 15.0 Å². The second-order valence-electron chi connectivity index (χ2n) is 5.27. The van der Waals surface area contributed by atoms with E-state index in [1.165, 1.54) is 0 Å². The van der Waals surface area contributed by atoms with Gasteiger partial charge in [-0.15, -0.1) is 0 Å². The summed E-state index contributed by atoms with van der Waals surface area (Å²) in [6.45, 7) is 4.11. The van der Waals surface area contributed by atoms with E-state index in [4.69, 9.17) is 4.74 Å². The highest BCUT2D eigenvalue weighted by Crippen LogP contribution is 2.32. The highest BCUT2D eigenvalue weighted by molar-refractivity contribution is 5.94. The van der Waals surface area contributed by atoms with Crippen molar-refractivity contribution >= 4 is 16.7 Å². The minimum absolute atomic E-state index is 0.486. The van der Waals surface area contributed by atoms with Crippen LogP contribution in [-0.4, -0.2) is 43.3 Å². The minimum atomic E-state index is 0.486. The molecule has 5 nitrogen and oxygen atoms in total. The molecule has 1 aliphatic rings. The predicted octanol–water partition coefficient (Wildman–Crippen LogP) is 1.74. The number of hydrogen-bond acceptors (Lipinski definition) is 5. The first-order valence-corrected chi connectivity index (χ1v) is 6.94. The highest BCUT2D eigenvalue weighted by atomic mass is 16.5. The third-order valence-corrected chi connectivity index (χ3v) is 4.06. The van der Waals surface area contributed by atoms with E-state index in [0.717, 1.165) is 47.5 Å². The van der Waals surface area contributed by atoms with E-state index in [1.54, 1.807) is 13.4 Å². The summed E-state index contributed by atoms with van der Waals surface area (Å²) >= 11 is 0. The Morgan fingerprint density at radius 2 is 2.20 bits per heavy atom. The standard InChI is InChI=1S/C15H20N4O/c1-10-4-5-12-13(14(10)20-3)17-9-18-15(12)19(2)11-6-7-16-8-11/h4-5,9,11,16H,6-8H2,1-3H3/t11-/m1/s1. The van der Waals surface area contributed by atoms with Crippen LogP contribution in [-0.2, 0) is 0 Å². The van der Waals surface area contributed by atoms with Crippen LogP contribution in [0.25, 0.3) is 10.9 Å². The van der Waals surface area contributed by atoms with Gasteiger partial charge >= 0.3 is 0 Å². The topological polar surface area (TPSA) is 50.3 Å². The molecular formula is C15H20N4O. The van der Waals surface area contributed by atoms with Crippen molar-refractivity contribution in [3.05, 3.63) is 24.0 Å². The van der Waals surface area contributed by atoms with Crippen molar-refractivity contribution in [2.45, 2.75) is 19.4 Å². The molecule has 106 valence electrons. The molecular weight excluding hydrogens is 252 g/mol. The molecule has 0 bridgehead atoms. The Bertz CT molecular complexity index is 623. The number of hydrogen-bond donors (Lipinski definition) is 1. The van der Waals surface area contributed by atoms with Crippen molar-refractivity contribution < 1.29 is 4.74 Å². The van der Waals surface area contributed by atoms with E-state index in [9.17, 15) is 0 Å². The summed E-state index contributed by atoms with van der Waals surface area (Å²) in [5, 5.41) is 4.44. The third-order valence-electron chi connectivity index (χ3n) is 4.06. The molecule has 1 atom stereocenters. The number of aromatic nitrogens is 2. The second-order valence-corrected chi connectivity index (χ2v) is 5.27. The molecule has 1 saturated heterocycles. The van der Waals surface area contributed by atoms with Crippen molar-refractivity contribution in [3.63, 3.8) is 0 Å². The monoisotopic (exact) mass is 272 g/mol. The normalized spacial score (nSPS) is 18.4. The number of ether oxygens (including phenoxy) is 1. The van der Waals surface area contributed by atoms with Crippen molar-refractivity contribution in [1.82, 2.24) is 15.3 Å². The summed E-state index contributed by atoms with van der Waals surface area (Å²) in [7, 11) is 3.79. The molecule has 0 amide bonds. The summed E-state index contributed by atoms with van der Waals surface area (Å²) in [5.74, 6) is 1.81. The summed E-state index contributed by atoms with van der Waals surface area (Å²) in [4.78, 5) is 11.1. The summed E-state index contributed by atoms with van der Waals surface area (Å²) < 4.78 is 5.50. The smallest absolute Gasteiger partial charge is 0.148 e. The largest absolute Gasteiger partial charge is 0.494 e. The number of anilines is 1. The Hall–Kier alpha value is -1.88. The third kappa shape index (κ3) is 2.08. The fourth-order valence-corrected chi connectivity index (χ4v) is 2.87. The van der Waals surface area contributed by atoms with Crippen LogP contribution in [0.3, 0.4) is 0 Å². The zero-order valence-corrected chi connectivity index (χ0v) is 12.2. The number of benzene rings is 1. The van der Waals surface area contributed by atoms with E-state index in [2.05, 4.69) is 39.4 Å². The lowest BCUT2D eigenvalue weighted by Gasteiger charge is -2.26. The molecule has 1 aliphatic heterocycles. The van der Waals surface area contributed by atoms with E-state index in [0.29, 0.717) is 6.04 Å². The van der Waals surface area contributed by atoms with Gasteiger partial charge in [0.05, 0.1) is 7.11 Å². The average molecular weight is 272 g/mol. The number of rotatable bonds is 3. The predicted molar refractivity (Wildman–Crippen MR) is 80.5 cm³/mol. The molecule has 0 aliphatic carbocycles. The molecule has 0 unspecified atom stereocenters. The Kier molecular flexibility index (Phi) is 3.44. The number of nitrogens with zero attached hydrogens (tertiary/aromatic N) is 3. The maximum absolute atomic E-state index is 5.50. The lowest BCUT2D eigenvalue weighted by molar-refractivity contribution is 0.416. The molecule has 1 aromatic carbocycles. The van der Waals surface area contributed by atoms with Gasteiger partial charge in [0.2, 0.25) is 0 Å². The average Bonchev–Trinajstić information content (AvgIpc) is 3.00. The number of methoxy groups -OCH3 is 1. The Morgan fingerprint density at radius 1 is 1.35 bits per heavy atom. The zero-order chi connectivity index (χ0) is 14.1. The van der Waals surface area contributed by atoms with E-state index >= 15 is 0 Å². The van der Waals surface area contributed by atoms with Crippen LogP contribution in [0.15, 0.2) is 18.5 Å². The maximum atomic E-state index is 5.50. The molecule has 1 N–H and O–H groups in total. The molecule has 0 saturated carbocycles. The lowest BCUT2D eigenvalue weighted by Crippen LogP contribution is -2.34. The molecule has 0 spiro atoms. The van der Waals surface area contributed by atoms with Crippen LogP contribution in [0, 0.1) is 6.92 Å². The van der Waals surface area contributed by atoms with E-state index in [1.807, 2.05) is 6.92 Å². The van der Waals surface area contributed by atoms with Gasteiger partial charge in [0, 0.05) is 25.0 Å². The van der Waals surface area contributed by atoms with Gasteiger partial charge in [0.25, 0.3) is 0 Å². The molecule has 3 rings (SSSR count).